The number of esters is 1. The summed E-state index contributed by atoms with van der Waals surface area (Å²) in [5.41, 5.74) is 0.787. The number of amides is 1. The first-order valence-electron chi connectivity index (χ1n) is 5.44. The SMILES string of the molecule is C#CC[C@H](NC(=O)c1ccc(C#N)cc1)C(=O)OC. The number of rotatable bonds is 4. The van der Waals surface area contributed by atoms with Gasteiger partial charge in [0.1, 0.15) is 6.04 Å². The number of carbonyl (C=O) groups excluding carboxylic acids is 2. The number of nitriles is 1. The summed E-state index contributed by atoms with van der Waals surface area (Å²) in [4.78, 5) is 23.3. The van der Waals surface area contributed by atoms with Gasteiger partial charge in [-0.3, -0.25) is 4.79 Å². The minimum Gasteiger partial charge on any atom is -0.467 e. The van der Waals surface area contributed by atoms with Gasteiger partial charge in [0.05, 0.1) is 18.7 Å². The maximum absolute atomic E-state index is 11.9. The standard InChI is InChI=1S/C14H12N2O3/c1-3-4-12(14(18)19-2)16-13(17)11-7-5-10(9-15)6-8-11/h1,5-8,12H,4H2,2H3,(H,16,17)/t12-/m0/s1. The topological polar surface area (TPSA) is 79.2 Å². The van der Waals surface area contributed by atoms with Crippen LogP contribution in [-0.2, 0) is 9.53 Å². The van der Waals surface area contributed by atoms with Gasteiger partial charge < -0.3 is 10.1 Å². The summed E-state index contributed by atoms with van der Waals surface area (Å²) in [5, 5.41) is 11.1. The van der Waals surface area contributed by atoms with E-state index in [1.807, 2.05) is 6.07 Å². The highest BCUT2D eigenvalue weighted by atomic mass is 16.5. The van der Waals surface area contributed by atoms with Crippen molar-refractivity contribution in [2.24, 2.45) is 0 Å². The van der Waals surface area contributed by atoms with E-state index in [0.29, 0.717) is 11.1 Å². The quantitative estimate of drug-likeness (QED) is 0.640. The highest BCUT2D eigenvalue weighted by Crippen LogP contribution is 2.04. The van der Waals surface area contributed by atoms with Gasteiger partial charge in [-0.25, -0.2) is 4.79 Å². The molecule has 96 valence electrons. The molecule has 0 aliphatic heterocycles. The van der Waals surface area contributed by atoms with Crippen LogP contribution in [0.2, 0.25) is 0 Å². The van der Waals surface area contributed by atoms with Crippen molar-refractivity contribution in [1.82, 2.24) is 5.32 Å². The van der Waals surface area contributed by atoms with Crippen LogP contribution in [0.3, 0.4) is 0 Å². The molecule has 0 radical (unpaired) electrons. The zero-order valence-corrected chi connectivity index (χ0v) is 10.3. The molecule has 0 spiro atoms. The average Bonchev–Trinajstić information content (AvgIpc) is 2.46. The van der Waals surface area contributed by atoms with Crippen molar-refractivity contribution in [3.8, 4) is 18.4 Å². The Hall–Kier alpha value is -2.79. The van der Waals surface area contributed by atoms with E-state index in [9.17, 15) is 9.59 Å². The number of hydrogen-bond donors (Lipinski definition) is 1. The van der Waals surface area contributed by atoms with Crippen molar-refractivity contribution in [2.45, 2.75) is 12.5 Å². The second-order valence-electron chi connectivity index (χ2n) is 3.65. The summed E-state index contributed by atoms with van der Waals surface area (Å²) < 4.78 is 4.55. The van der Waals surface area contributed by atoms with Gasteiger partial charge >= 0.3 is 5.97 Å². The molecule has 0 saturated carbocycles. The maximum Gasteiger partial charge on any atom is 0.329 e. The molecule has 1 N–H and O–H groups in total. The van der Waals surface area contributed by atoms with Crippen molar-refractivity contribution in [2.75, 3.05) is 7.11 Å². The zero-order valence-electron chi connectivity index (χ0n) is 10.3. The van der Waals surface area contributed by atoms with E-state index in [0.717, 1.165) is 0 Å². The van der Waals surface area contributed by atoms with Gasteiger partial charge in [-0.15, -0.1) is 12.3 Å². The summed E-state index contributed by atoms with van der Waals surface area (Å²) in [7, 11) is 1.22. The molecule has 0 aliphatic rings. The first kappa shape index (κ1) is 14.3. The van der Waals surface area contributed by atoms with Crippen molar-refractivity contribution in [3.63, 3.8) is 0 Å². The molecule has 0 aromatic heterocycles. The van der Waals surface area contributed by atoms with Gasteiger partial charge in [-0.1, -0.05) is 0 Å². The Morgan fingerprint density at radius 2 is 2.05 bits per heavy atom. The van der Waals surface area contributed by atoms with Gasteiger partial charge in [0.25, 0.3) is 5.91 Å². The average molecular weight is 256 g/mol. The van der Waals surface area contributed by atoms with Crippen LogP contribution in [0.5, 0.6) is 0 Å². The lowest BCUT2D eigenvalue weighted by atomic mass is 10.1. The summed E-state index contributed by atoms with van der Waals surface area (Å²) in [6.45, 7) is 0. The molecule has 0 fully saturated rings. The summed E-state index contributed by atoms with van der Waals surface area (Å²) in [6, 6.07) is 7.10. The molecule has 0 saturated heterocycles. The molecule has 19 heavy (non-hydrogen) atoms. The molecule has 5 nitrogen and oxygen atoms in total. The highest BCUT2D eigenvalue weighted by molar-refractivity contribution is 5.96. The van der Waals surface area contributed by atoms with Crippen LogP contribution in [0.4, 0.5) is 0 Å². The molecule has 1 aromatic carbocycles. The molecular formula is C14H12N2O3. The summed E-state index contributed by atoms with van der Waals surface area (Å²) in [6.07, 6.45) is 5.18. The molecule has 1 amide bonds. The third kappa shape index (κ3) is 3.86. The lowest BCUT2D eigenvalue weighted by Crippen LogP contribution is -2.41. The monoisotopic (exact) mass is 256 g/mol. The second-order valence-corrected chi connectivity index (χ2v) is 3.65. The van der Waals surface area contributed by atoms with E-state index >= 15 is 0 Å². The number of methoxy groups -OCH3 is 1. The Kier molecular flexibility index (Phi) is 5.13. The highest BCUT2D eigenvalue weighted by Gasteiger charge is 2.20. The Balaban J connectivity index is 2.79. The van der Waals surface area contributed by atoms with Gasteiger partial charge in [0.2, 0.25) is 0 Å². The molecule has 0 bridgehead atoms. The number of hydrogen-bond acceptors (Lipinski definition) is 4. The van der Waals surface area contributed by atoms with Crippen molar-refractivity contribution >= 4 is 11.9 Å². The Labute approximate surface area is 111 Å². The Morgan fingerprint density at radius 3 is 2.53 bits per heavy atom. The van der Waals surface area contributed by atoms with E-state index in [2.05, 4.69) is 16.0 Å². The van der Waals surface area contributed by atoms with Crippen LogP contribution in [0.15, 0.2) is 24.3 Å². The fourth-order valence-electron chi connectivity index (χ4n) is 1.39. The molecule has 0 aliphatic carbocycles. The van der Waals surface area contributed by atoms with E-state index in [4.69, 9.17) is 11.7 Å². The number of terminal acetylenes is 1. The molecule has 5 heteroatoms. The van der Waals surface area contributed by atoms with Crippen LogP contribution in [0, 0.1) is 23.7 Å². The lowest BCUT2D eigenvalue weighted by Gasteiger charge is -2.13. The van der Waals surface area contributed by atoms with Crippen LogP contribution >= 0.6 is 0 Å². The molecule has 1 rings (SSSR count). The van der Waals surface area contributed by atoms with Crippen molar-refractivity contribution < 1.29 is 14.3 Å². The number of nitrogens with zero attached hydrogens (tertiary/aromatic N) is 1. The minimum absolute atomic E-state index is 0.0503. The molecule has 1 aromatic rings. The third-order valence-corrected chi connectivity index (χ3v) is 2.39. The lowest BCUT2D eigenvalue weighted by molar-refractivity contribution is -0.142. The molecule has 0 heterocycles. The van der Waals surface area contributed by atoms with Crippen LogP contribution < -0.4 is 5.32 Å². The van der Waals surface area contributed by atoms with Gasteiger partial charge in [-0.05, 0) is 24.3 Å². The smallest absolute Gasteiger partial charge is 0.329 e. The number of carbonyl (C=O) groups is 2. The number of nitrogens with one attached hydrogen (secondary N) is 1. The van der Waals surface area contributed by atoms with Crippen LogP contribution in [0.1, 0.15) is 22.3 Å². The van der Waals surface area contributed by atoms with Crippen molar-refractivity contribution in [3.05, 3.63) is 35.4 Å². The first-order valence-corrected chi connectivity index (χ1v) is 5.44. The predicted molar refractivity (Wildman–Crippen MR) is 67.9 cm³/mol. The van der Waals surface area contributed by atoms with Gasteiger partial charge in [-0.2, -0.15) is 5.26 Å². The zero-order chi connectivity index (χ0) is 14.3. The van der Waals surface area contributed by atoms with E-state index < -0.39 is 17.9 Å². The normalized spacial score (nSPS) is 10.7. The maximum atomic E-state index is 11.9. The fourth-order valence-corrected chi connectivity index (χ4v) is 1.39. The van der Waals surface area contributed by atoms with E-state index in [1.165, 1.54) is 31.4 Å². The molecule has 1 atom stereocenters. The number of benzene rings is 1. The fraction of sp³-hybridized carbons (Fsp3) is 0.214. The first-order chi connectivity index (χ1) is 9.12. The van der Waals surface area contributed by atoms with Gasteiger partial charge in [0.15, 0.2) is 0 Å². The Morgan fingerprint density at radius 1 is 1.42 bits per heavy atom. The van der Waals surface area contributed by atoms with E-state index in [-0.39, 0.29) is 6.42 Å². The minimum atomic E-state index is -0.877. The van der Waals surface area contributed by atoms with Crippen LogP contribution in [-0.4, -0.2) is 25.0 Å². The van der Waals surface area contributed by atoms with E-state index in [1.54, 1.807) is 0 Å². The number of ether oxygens (including phenoxy) is 1. The van der Waals surface area contributed by atoms with Crippen molar-refractivity contribution in [1.29, 1.82) is 5.26 Å². The van der Waals surface area contributed by atoms with Gasteiger partial charge in [0, 0.05) is 12.0 Å². The second kappa shape index (κ2) is 6.83. The summed E-state index contributed by atoms with van der Waals surface area (Å²) >= 11 is 0. The molecule has 0 unspecified atom stereocenters. The summed E-state index contributed by atoms with van der Waals surface area (Å²) in [5.74, 6) is 1.25. The third-order valence-electron chi connectivity index (χ3n) is 2.39. The van der Waals surface area contributed by atoms with Crippen LogP contribution in [0.25, 0.3) is 0 Å². The largest absolute Gasteiger partial charge is 0.467 e. The predicted octanol–water partition coefficient (Wildman–Crippen LogP) is 0.853. The Bertz CT molecular complexity index is 550. The molecular weight excluding hydrogens is 244 g/mol.